The Kier molecular flexibility index (Phi) is 6.20. The predicted octanol–water partition coefficient (Wildman–Crippen LogP) is 1.60. The van der Waals surface area contributed by atoms with Gasteiger partial charge < -0.3 is 15.4 Å². The molecule has 6 nitrogen and oxygen atoms in total. The molecule has 6 heteroatoms. The molecule has 1 aromatic rings. The Morgan fingerprint density at radius 3 is 2.67 bits per heavy atom. The van der Waals surface area contributed by atoms with E-state index < -0.39 is 0 Å². The van der Waals surface area contributed by atoms with Crippen LogP contribution in [0.3, 0.4) is 0 Å². The minimum Gasteiger partial charge on any atom is -0.374 e. The molecule has 2 heterocycles. The second kappa shape index (κ2) is 8.14. The number of hydrogen-bond acceptors (Lipinski definition) is 6. The van der Waals surface area contributed by atoms with Crippen molar-refractivity contribution < 1.29 is 4.74 Å². The molecule has 0 radical (unpaired) electrons. The normalized spacial score (nSPS) is 19.5. The molecule has 1 aliphatic heterocycles. The molecule has 1 aliphatic rings. The quantitative estimate of drug-likeness (QED) is 0.796. The topological polar surface area (TPSA) is 62.3 Å². The first-order valence-electron chi connectivity index (χ1n) is 7.94. The van der Waals surface area contributed by atoms with E-state index in [1.54, 1.807) is 0 Å². The Hall–Kier alpha value is -1.40. The van der Waals surface area contributed by atoms with E-state index in [4.69, 9.17) is 4.74 Å². The van der Waals surface area contributed by atoms with Crippen molar-refractivity contribution in [1.82, 2.24) is 14.9 Å². The number of aromatic nitrogens is 2. The zero-order valence-corrected chi connectivity index (χ0v) is 13.4. The molecule has 1 unspecified atom stereocenters. The fourth-order valence-electron chi connectivity index (χ4n) is 2.43. The molecule has 0 aliphatic carbocycles. The number of morpholine rings is 1. The van der Waals surface area contributed by atoms with Crippen LogP contribution in [0.1, 0.15) is 26.6 Å². The molecule has 1 saturated heterocycles. The fourth-order valence-corrected chi connectivity index (χ4v) is 2.43. The van der Waals surface area contributed by atoms with E-state index in [9.17, 15) is 0 Å². The third-order valence-corrected chi connectivity index (χ3v) is 3.63. The molecule has 1 atom stereocenters. The molecule has 21 heavy (non-hydrogen) atoms. The summed E-state index contributed by atoms with van der Waals surface area (Å²) in [6.07, 6.45) is 1.05. The van der Waals surface area contributed by atoms with Gasteiger partial charge in [0.05, 0.1) is 12.7 Å². The van der Waals surface area contributed by atoms with E-state index in [-0.39, 0.29) is 6.10 Å². The molecule has 0 saturated carbocycles. The smallest absolute Gasteiger partial charge is 0.132 e. The molecule has 0 spiro atoms. The van der Waals surface area contributed by atoms with Crippen molar-refractivity contribution in [1.29, 1.82) is 0 Å². The standard InChI is InChI=1S/C15H27N5O/c1-4-13-18-14(16-5-2)9-15(19-13)17-10-12-11-20(6-3)7-8-21-12/h9,12H,4-8,10-11H2,1-3H3,(H2,16,17,18,19). The van der Waals surface area contributed by atoms with Gasteiger partial charge in [-0.25, -0.2) is 9.97 Å². The van der Waals surface area contributed by atoms with Crippen LogP contribution in [0.15, 0.2) is 6.07 Å². The molecule has 2 rings (SSSR count). The summed E-state index contributed by atoms with van der Waals surface area (Å²) in [6, 6.07) is 1.96. The summed E-state index contributed by atoms with van der Waals surface area (Å²) in [5.74, 6) is 2.61. The number of aryl methyl sites for hydroxylation is 1. The van der Waals surface area contributed by atoms with E-state index in [0.29, 0.717) is 0 Å². The van der Waals surface area contributed by atoms with E-state index >= 15 is 0 Å². The lowest BCUT2D eigenvalue weighted by atomic mass is 10.2. The Morgan fingerprint density at radius 2 is 2.00 bits per heavy atom. The third kappa shape index (κ3) is 4.82. The van der Waals surface area contributed by atoms with Crippen LogP contribution < -0.4 is 10.6 Å². The molecule has 2 N–H and O–H groups in total. The zero-order chi connectivity index (χ0) is 15.1. The van der Waals surface area contributed by atoms with Crippen molar-refractivity contribution in [3.63, 3.8) is 0 Å². The number of likely N-dealkylation sites (N-methyl/N-ethyl adjacent to an activating group) is 1. The highest BCUT2D eigenvalue weighted by Gasteiger charge is 2.19. The SMILES string of the molecule is CCNc1cc(NCC2CN(CC)CCO2)nc(CC)n1. The number of nitrogens with one attached hydrogen (secondary N) is 2. The van der Waals surface area contributed by atoms with Crippen LogP contribution in [0.2, 0.25) is 0 Å². The monoisotopic (exact) mass is 293 g/mol. The second-order valence-corrected chi connectivity index (χ2v) is 5.21. The maximum absolute atomic E-state index is 5.80. The highest BCUT2D eigenvalue weighted by Crippen LogP contribution is 2.13. The zero-order valence-electron chi connectivity index (χ0n) is 13.4. The molecular weight excluding hydrogens is 266 g/mol. The highest BCUT2D eigenvalue weighted by molar-refractivity contribution is 5.47. The van der Waals surface area contributed by atoms with Gasteiger partial charge in [-0.2, -0.15) is 0 Å². The molecule has 118 valence electrons. The minimum atomic E-state index is 0.223. The lowest BCUT2D eigenvalue weighted by molar-refractivity contribution is -0.0192. The summed E-state index contributed by atoms with van der Waals surface area (Å²) >= 11 is 0. The van der Waals surface area contributed by atoms with E-state index in [1.807, 2.05) is 6.07 Å². The number of ether oxygens (including phenoxy) is 1. The van der Waals surface area contributed by atoms with Crippen molar-refractivity contribution in [2.45, 2.75) is 33.3 Å². The maximum Gasteiger partial charge on any atom is 0.132 e. The molecule has 1 fully saturated rings. The molecular formula is C15H27N5O. The van der Waals surface area contributed by atoms with Crippen LogP contribution in [0.4, 0.5) is 11.6 Å². The summed E-state index contributed by atoms with van der Waals surface area (Å²) in [6.45, 7) is 11.9. The number of anilines is 2. The van der Waals surface area contributed by atoms with Gasteiger partial charge in [-0.3, -0.25) is 4.90 Å². The van der Waals surface area contributed by atoms with Gasteiger partial charge in [0.25, 0.3) is 0 Å². The number of rotatable bonds is 7. The Balaban J connectivity index is 1.93. The summed E-state index contributed by atoms with van der Waals surface area (Å²) < 4.78 is 5.80. The summed E-state index contributed by atoms with van der Waals surface area (Å²) in [5, 5.41) is 6.64. The summed E-state index contributed by atoms with van der Waals surface area (Å²) in [5.41, 5.74) is 0. The van der Waals surface area contributed by atoms with E-state index in [2.05, 4.69) is 46.3 Å². The Labute approximate surface area is 127 Å². The maximum atomic E-state index is 5.80. The average Bonchev–Trinajstić information content (AvgIpc) is 2.53. The van der Waals surface area contributed by atoms with Crippen LogP contribution in [0.5, 0.6) is 0 Å². The van der Waals surface area contributed by atoms with Gasteiger partial charge in [0.1, 0.15) is 17.5 Å². The van der Waals surface area contributed by atoms with Crippen molar-refractivity contribution in [3.8, 4) is 0 Å². The Bertz CT molecular complexity index is 440. The van der Waals surface area contributed by atoms with Gasteiger partial charge in [-0.05, 0) is 13.5 Å². The predicted molar refractivity (Wildman–Crippen MR) is 85.9 cm³/mol. The van der Waals surface area contributed by atoms with Crippen LogP contribution >= 0.6 is 0 Å². The van der Waals surface area contributed by atoms with Crippen LogP contribution in [0, 0.1) is 0 Å². The largest absolute Gasteiger partial charge is 0.374 e. The van der Waals surface area contributed by atoms with Gasteiger partial charge >= 0.3 is 0 Å². The first-order valence-corrected chi connectivity index (χ1v) is 7.94. The summed E-state index contributed by atoms with van der Waals surface area (Å²) in [4.78, 5) is 11.4. The van der Waals surface area contributed by atoms with Crippen molar-refractivity contribution in [2.24, 2.45) is 0 Å². The van der Waals surface area contributed by atoms with Crippen molar-refractivity contribution >= 4 is 11.6 Å². The van der Waals surface area contributed by atoms with Crippen LogP contribution in [-0.4, -0.2) is 60.3 Å². The highest BCUT2D eigenvalue weighted by atomic mass is 16.5. The first kappa shape index (κ1) is 16.0. The van der Waals surface area contributed by atoms with E-state index in [1.165, 1.54) is 0 Å². The van der Waals surface area contributed by atoms with E-state index in [0.717, 1.165) is 63.2 Å². The van der Waals surface area contributed by atoms with Gasteiger partial charge in [0.2, 0.25) is 0 Å². The van der Waals surface area contributed by atoms with Gasteiger partial charge in [-0.1, -0.05) is 13.8 Å². The number of nitrogens with zero attached hydrogens (tertiary/aromatic N) is 3. The second-order valence-electron chi connectivity index (χ2n) is 5.21. The molecule has 1 aromatic heterocycles. The minimum absolute atomic E-state index is 0.223. The van der Waals surface area contributed by atoms with Gasteiger partial charge in [-0.15, -0.1) is 0 Å². The van der Waals surface area contributed by atoms with Crippen LogP contribution in [0.25, 0.3) is 0 Å². The van der Waals surface area contributed by atoms with Crippen molar-refractivity contribution in [2.75, 3.05) is 50.0 Å². The average molecular weight is 293 g/mol. The lowest BCUT2D eigenvalue weighted by Crippen LogP contribution is -2.45. The Morgan fingerprint density at radius 1 is 1.24 bits per heavy atom. The molecule has 0 bridgehead atoms. The number of hydrogen-bond donors (Lipinski definition) is 2. The van der Waals surface area contributed by atoms with Crippen LogP contribution in [-0.2, 0) is 11.2 Å². The van der Waals surface area contributed by atoms with Gasteiger partial charge in [0.15, 0.2) is 0 Å². The summed E-state index contributed by atoms with van der Waals surface area (Å²) in [7, 11) is 0. The fraction of sp³-hybridized carbons (Fsp3) is 0.733. The molecule has 0 aromatic carbocycles. The molecule has 0 amide bonds. The first-order chi connectivity index (χ1) is 10.2. The lowest BCUT2D eigenvalue weighted by Gasteiger charge is -2.32. The third-order valence-electron chi connectivity index (χ3n) is 3.63. The van der Waals surface area contributed by atoms with Crippen molar-refractivity contribution in [3.05, 3.63) is 11.9 Å². The van der Waals surface area contributed by atoms with Gasteiger partial charge in [0, 0.05) is 38.7 Å².